The molecular formula is C20H19N3O4. The van der Waals surface area contributed by atoms with Crippen molar-refractivity contribution in [1.82, 2.24) is 14.9 Å². The molecule has 7 heteroatoms. The van der Waals surface area contributed by atoms with Gasteiger partial charge in [0.15, 0.2) is 6.10 Å². The molecule has 0 fully saturated rings. The average molecular weight is 365 g/mol. The standard InChI is InChI=1S/C20H19N3O4/c1-26-18(13-5-3-2-4-6-13)19-22-15-12-23(10-8-16(15)27-19)20(25)14-7-9-21-17(24)11-14/h2-7,9,11,18H,8,10,12H2,1H3,(H,21,24). The lowest BCUT2D eigenvalue weighted by molar-refractivity contribution is 0.0726. The Hall–Kier alpha value is -3.19. The van der Waals surface area contributed by atoms with Gasteiger partial charge in [0.1, 0.15) is 11.5 Å². The van der Waals surface area contributed by atoms with E-state index >= 15 is 0 Å². The van der Waals surface area contributed by atoms with Gasteiger partial charge >= 0.3 is 0 Å². The Morgan fingerprint density at radius 1 is 1.30 bits per heavy atom. The van der Waals surface area contributed by atoms with Gasteiger partial charge in [-0.05, 0) is 11.6 Å². The minimum Gasteiger partial charge on any atom is -0.442 e. The highest BCUT2D eigenvalue weighted by Gasteiger charge is 2.29. The Morgan fingerprint density at radius 3 is 2.85 bits per heavy atom. The third-order valence-electron chi connectivity index (χ3n) is 4.62. The second-order valence-electron chi connectivity index (χ2n) is 6.37. The quantitative estimate of drug-likeness (QED) is 0.766. The van der Waals surface area contributed by atoms with Gasteiger partial charge < -0.3 is 19.0 Å². The largest absolute Gasteiger partial charge is 0.442 e. The number of pyridine rings is 1. The van der Waals surface area contributed by atoms with Gasteiger partial charge in [0.05, 0.1) is 6.54 Å². The predicted octanol–water partition coefficient (Wildman–Crippen LogP) is 2.30. The minimum absolute atomic E-state index is 0.192. The number of carbonyl (C=O) groups excluding carboxylic acids is 1. The van der Waals surface area contributed by atoms with Crippen LogP contribution in [0.2, 0.25) is 0 Å². The number of hydrogen-bond donors (Lipinski definition) is 1. The van der Waals surface area contributed by atoms with Crippen molar-refractivity contribution in [3.63, 3.8) is 0 Å². The van der Waals surface area contributed by atoms with E-state index in [1.165, 1.54) is 12.3 Å². The highest BCUT2D eigenvalue weighted by atomic mass is 16.5. The van der Waals surface area contributed by atoms with Crippen molar-refractivity contribution in [2.75, 3.05) is 13.7 Å². The zero-order valence-corrected chi connectivity index (χ0v) is 14.8. The summed E-state index contributed by atoms with van der Waals surface area (Å²) in [4.78, 5) is 32.9. The van der Waals surface area contributed by atoms with E-state index in [4.69, 9.17) is 9.15 Å². The van der Waals surface area contributed by atoms with Crippen LogP contribution in [0.15, 0.2) is 57.9 Å². The Bertz CT molecular complexity index is 1010. The lowest BCUT2D eigenvalue weighted by Crippen LogP contribution is -2.36. The van der Waals surface area contributed by atoms with Crippen LogP contribution < -0.4 is 5.56 Å². The highest BCUT2D eigenvalue weighted by molar-refractivity contribution is 5.94. The molecule has 1 aliphatic heterocycles. The van der Waals surface area contributed by atoms with Crippen molar-refractivity contribution in [3.8, 4) is 0 Å². The molecule has 1 aliphatic rings. The Balaban J connectivity index is 1.57. The van der Waals surface area contributed by atoms with Crippen molar-refractivity contribution < 1.29 is 13.9 Å². The number of benzene rings is 1. The first-order valence-electron chi connectivity index (χ1n) is 8.70. The number of oxazole rings is 1. The van der Waals surface area contributed by atoms with Crippen LogP contribution in [0.25, 0.3) is 0 Å². The number of hydrogen-bond acceptors (Lipinski definition) is 5. The molecule has 0 bridgehead atoms. The van der Waals surface area contributed by atoms with Crippen molar-refractivity contribution in [1.29, 1.82) is 0 Å². The number of methoxy groups -OCH3 is 1. The summed E-state index contributed by atoms with van der Waals surface area (Å²) in [5, 5.41) is 0. The summed E-state index contributed by atoms with van der Waals surface area (Å²) >= 11 is 0. The summed E-state index contributed by atoms with van der Waals surface area (Å²) in [5.41, 5.74) is 1.75. The van der Waals surface area contributed by atoms with Crippen LogP contribution in [-0.2, 0) is 17.7 Å². The maximum Gasteiger partial charge on any atom is 0.254 e. The molecule has 1 atom stereocenters. The molecular weight excluding hydrogens is 346 g/mol. The molecule has 3 aromatic rings. The summed E-state index contributed by atoms with van der Waals surface area (Å²) in [6.45, 7) is 0.853. The highest BCUT2D eigenvalue weighted by Crippen LogP contribution is 2.29. The zero-order valence-electron chi connectivity index (χ0n) is 14.8. The number of H-pyrrole nitrogens is 1. The van der Waals surface area contributed by atoms with E-state index in [1.54, 1.807) is 18.1 Å². The molecule has 27 heavy (non-hydrogen) atoms. The molecule has 1 unspecified atom stereocenters. The van der Waals surface area contributed by atoms with Gasteiger partial charge in [-0.15, -0.1) is 0 Å². The molecule has 0 saturated heterocycles. The summed E-state index contributed by atoms with van der Waals surface area (Å²) in [6.07, 6.45) is 1.65. The van der Waals surface area contributed by atoms with Gasteiger partial charge in [-0.1, -0.05) is 30.3 Å². The number of amides is 1. The number of rotatable bonds is 4. The number of ether oxygens (including phenoxy) is 1. The Morgan fingerprint density at radius 2 is 2.11 bits per heavy atom. The van der Waals surface area contributed by atoms with E-state index in [1.807, 2.05) is 30.3 Å². The molecule has 4 rings (SSSR count). The lowest BCUT2D eigenvalue weighted by atomic mass is 10.1. The van der Waals surface area contributed by atoms with Crippen LogP contribution in [0.3, 0.4) is 0 Å². The van der Waals surface area contributed by atoms with Crippen LogP contribution in [0, 0.1) is 0 Å². The van der Waals surface area contributed by atoms with Crippen molar-refractivity contribution in [3.05, 3.63) is 87.5 Å². The number of fused-ring (bicyclic) bond motifs is 1. The molecule has 3 heterocycles. The van der Waals surface area contributed by atoms with E-state index < -0.39 is 6.10 Å². The normalized spacial score (nSPS) is 14.6. The van der Waals surface area contributed by atoms with Gasteiger partial charge in [-0.25, -0.2) is 4.98 Å². The van der Waals surface area contributed by atoms with Gasteiger partial charge in [0, 0.05) is 37.9 Å². The topological polar surface area (TPSA) is 88.4 Å². The molecule has 2 aromatic heterocycles. The van der Waals surface area contributed by atoms with Crippen LogP contribution in [0.4, 0.5) is 0 Å². The van der Waals surface area contributed by atoms with Crippen molar-refractivity contribution >= 4 is 5.91 Å². The van der Waals surface area contributed by atoms with Gasteiger partial charge in [0.2, 0.25) is 11.4 Å². The van der Waals surface area contributed by atoms with Crippen LogP contribution in [0.1, 0.15) is 39.4 Å². The summed E-state index contributed by atoms with van der Waals surface area (Å²) < 4.78 is 11.5. The molecule has 0 aliphatic carbocycles. The monoisotopic (exact) mass is 365 g/mol. The van der Waals surface area contributed by atoms with E-state index in [9.17, 15) is 9.59 Å². The SMILES string of the molecule is COC(c1ccccc1)c1nc2c(o1)CCN(C(=O)c1cc[nH]c(=O)c1)C2. The number of aromatic amines is 1. The molecule has 1 N–H and O–H groups in total. The van der Waals surface area contributed by atoms with E-state index in [2.05, 4.69) is 9.97 Å². The molecule has 0 spiro atoms. The first-order chi connectivity index (χ1) is 13.2. The minimum atomic E-state index is -0.395. The van der Waals surface area contributed by atoms with Crippen molar-refractivity contribution in [2.24, 2.45) is 0 Å². The van der Waals surface area contributed by atoms with Gasteiger partial charge in [-0.2, -0.15) is 0 Å². The Kier molecular flexibility index (Phi) is 4.60. The van der Waals surface area contributed by atoms with Crippen molar-refractivity contribution in [2.45, 2.75) is 19.1 Å². The summed E-state index contributed by atoms with van der Waals surface area (Å²) in [5.74, 6) is 1.07. The van der Waals surface area contributed by atoms with E-state index in [0.717, 1.165) is 17.0 Å². The number of carbonyl (C=O) groups is 1. The predicted molar refractivity (Wildman–Crippen MR) is 97.3 cm³/mol. The molecule has 7 nitrogen and oxygen atoms in total. The van der Waals surface area contributed by atoms with Gasteiger partial charge in [0.25, 0.3) is 5.91 Å². The molecule has 1 aromatic carbocycles. The fourth-order valence-electron chi connectivity index (χ4n) is 3.27. The second kappa shape index (κ2) is 7.20. The smallest absolute Gasteiger partial charge is 0.254 e. The van der Waals surface area contributed by atoms with E-state index in [-0.39, 0.29) is 11.5 Å². The first-order valence-corrected chi connectivity index (χ1v) is 8.70. The average Bonchev–Trinajstić information content (AvgIpc) is 3.11. The van der Waals surface area contributed by atoms with Crippen LogP contribution in [0.5, 0.6) is 0 Å². The van der Waals surface area contributed by atoms with E-state index in [0.29, 0.717) is 31.0 Å². The first kappa shape index (κ1) is 17.2. The third kappa shape index (κ3) is 3.41. The van der Waals surface area contributed by atoms with Gasteiger partial charge in [-0.3, -0.25) is 9.59 Å². The third-order valence-corrected chi connectivity index (χ3v) is 4.62. The fourth-order valence-corrected chi connectivity index (χ4v) is 3.27. The summed E-state index contributed by atoms with van der Waals surface area (Å²) in [6, 6.07) is 12.6. The molecule has 0 radical (unpaired) electrons. The number of aromatic nitrogens is 2. The number of nitrogens with zero attached hydrogens (tertiary/aromatic N) is 2. The number of nitrogens with one attached hydrogen (secondary N) is 1. The molecule has 138 valence electrons. The van der Waals surface area contributed by atoms with Crippen LogP contribution in [-0.4, -0.2) is 34.4 Å². The maximum absolute atomic E-state index is 12.7. The summed E-state index contributed by atoms with van der Waals surface area (Å²) in [7, 11) is 1.61. The molecule has 1 amide bonds. The second-order valence-corrected chi connectivity index (χ2v) is 6.37. The Labute approximate surface area is 155 Å². The van der Waals surface area contributed by atoms with Crippen LogP contribution >= 0.6 is 0 Å². The molecule has 0 saturated carbocycles. The zero-order chi connectivity index (χ0) is 18.8. The maximum atomic E-state index is 12.7. The fraction of sp³-hybridized carbons (Fsp3) is 0.250. The lowest BCUT2D eigenvalue weighted by Gasteiger charge is -2.25.